The van der Waals surface area contributed by atoms with Crippen LogP contribution in [-0.2, 0) is 14.3 Å². The van der Waals surface area contributed by atoms with E-state index in [1.165, 1.54) is 6.92 Å². The Morgan fingerprint density at radius 3 is 2.63 bits per heavy atom. The van der Waals surface area contributed by atoms with Crippen molar-refractivity contribution in [2.75, 3.05) is 18.5 Å². The first-order chi connectivity index (χ1) is 8.94. The lowest BCUT2D eigenvalue weighted by Crippen LogP contribution is -2.25. The average Bonchev–Trinajstić information content (AvgIpc) is 2.67. The predicted molar refractivity (Wildman–Crippen MR) is 71.1 cm³/mol. The van der Waals surface area contributed by atoms with Crippen molar-refractivity contribution >= 4 is 11.6 Å². The lowest BCUT2D eigenvalue weighted by Gasteiger charge is -2.17. The third-order valence-corrected chi connectivity index (χ3v) is 2.68. The van der Waals surface area contributed by atoms with Crippen molar-refractivity contribution in [1.82, 2.24) is 0 Å². The van der Waals surface area contributed by atoms with Crippen LogP contribution in [0.25, 0.3) is 0 Å². The van der Waals surface area contributed by atoms with Gasteiger partial charge in [-0.25, -0.2) is 0 Å². The van der Waals surface area contributed by atoms with Crippen LogP contribution >= 0.6 is 0 Å². The number of hydrogen-bond acceptors (Lipinski definition) is 4. The summed E-state index contributed by atoms with van der Waals surface area (Å²) < 4.78 is 16.7. The van der Waals surface area contributed by atoms with Crippen LogP contribution < -0.4 is 10.1 Å². The summed E-state index contributed by atoms with van der Waals surface area (Å²) in [6.45, 7) is 6.23. The van der Waals surface area contributed by atoms with Gasteiger partial charge >= 0.3 is 0 Å². The van der Waals surface area contributed by atoms with Gasteiger partial charge in [-0.1, -0.05) is 0 Å². The molecule has 0 aliphatic carbocycles. The summed E-state index contributed by atoms with van der Waals surface area (Å²) in [4.78, 5) is 10.9. The molecular formula is C14H19NO4. The molecule has 1 saturated heterocycles. The fourth-order valence-corrected chi connectivity index (χ4v) is 1.87. The molecule has 1 aromatic rings. The molecule has 0 spiro atoms. The zero-order chi connectivity index (χ0) is 13.9. The highest BCUT2D eigenvalue weighted by Crippen LogP contribution is 2.23. The van der Waals surface area contributed by atoms with Gasteiger partial charge in [0.2, 0.25) is 5.91 Å². The van der Waals surface area contributed by atoms with Gasteiger partial charge < -0.3 is 19.5 Å². The molecule has 1 aromatic carbocycles. The van der Waals surface area contributed by atoms with Crippen LogP contribution in [0.2, 0.25) is 0 Å². The number of carbonyl (C=O) groups excluding carboxylic acids is 1. The first-order valence-electron chi connectivity index (χ1n) is 6.27. The van der Waals surface area contributed by atoms with Crippen molar-refractivity contribution in [1.29, 1.82) is 0 Å². The first-order valence-corrected chi connectivity index (χ1v) is 6.27. The molecule has 0 radical (unpaired) electrons. The van der Waals surface area contributed by atoms with Gasteiger partial charge in [0.1, 0.15) is 18.5 Å². The molecule has 1 heterocycles. The third-order valence-electron chi connectivity index (χ3n) is 2.68. The molecule has 1 atom stereocenters. The average molecular weight is 265 g/mol. The number of carbonyl (C=O) groups is 1. The number of rotatable bonds is 4. The molecular weight excluding hydrogens is 246 g/mol. The van der Waals surface area contributed by atoms with Crippen molar-refractivity contribution in [2.24, 2.45) is 0 Å². The Hall–Kier alpha value is -1.59. The van der Waals surface area contributed by atoms with E-state index in [4.69, 9.17) is 14.2 Å². The van der Waals surface area contributed by atoms with E-state index >= 15 is 0 Å². The van der Waals surface area contributed by atoms with Gasteiger partial charge in [-0.3, -0.25) is 4.79 Å². The maximum Gasteiger partial charge on any atom is 0.221 e. The van der Waals surface area contributed by atoms with Crippen LogP contribution in [0.1, 0.15) is 20.8 Å². The van der Waals surface area contributed by atoms with Crippen LogP contribution in [-0.4, -0.2) is 31.0 Å². The Labute approximate surface area is 112 Å². The predicted octanol–water partition coefficient (Wildman–Crippen LogP) is 2.18. The van der Waals surface area contributed by atoms with Gasteiger partial charge in [0.15, 0.2) is 5.79 Å². The zero-order valence-electron chi connectivity index (χ0n) is 11.4. The van der Waals surface area contributed by atoms with Gasteiger partial charge in [0.25, 0.3) is 0 Å². The SMILES string of the molecule is CC(=O)Nc1ccc(OC[C@H]2COC(C)(C)O2)cc1. The van der Waals surface area contributed by atoms with E-state index in [2.05, 4.69) is 5.32 Å². The lowest BCUT2D eigenvalue weighted by molar-refractivity contribution is -0.141. The summed E-state index contributed by atoms with van der Waals surface area (Å²) in [5, 5.41) is 2.70. The minimum absolute atomic E-state index is 0.0509. The number of anilines is 1. The largest absolute Gasteiger partial charge is 0.491 e. The molecule has 2 rings (SSSR count). The van der Waals surface area contributed by atoms with Gasteiger partial charge in [0, 0.05) is 12.6 Å². The summed E-state index contributed by atoms with van der Waals surface area (Å²) >= 11 is 0. The third kappa shape index (κ3) is 4.22. The Morgan fingerprint density at radius 2 is 2.11 bits per heavy atom. The van der Waals surface area contributed by atoms with Crippen LogP contribution in [0.15, 0.2) is 24.3 Å². The molecule has 1 aliphatic rings. The molecule has 19 heavy (non-hydrogen) atoms. The van der Waals surface area contributed by atoms with Crippen molar-refractivity contribution in [3.8, 4) is 5.75 Å². The molecule has 0 unspecified atom stereocenters. The van der Waals surface area contributed by atoms with Crippen molar-refractivity contribution < 1.29 is 19.0 Å². The Bertz CT molecular complexity index is 441. The Morgan fingerprint density at radius 1 is 1.42 bits per heavy atom. The van der Waals surface area contributed by atoms with Crippen LogP contribution in [0.4, 0.5) is 5.69 Å². The van der Waals surface area contributed by atoms with Crippen molar-refractivity contribution in [2.45, 2.75) is 32.7 Å². The minimum Gasteiger partial charge on any atom is -0.491 e. The van der Waals surface area contributed by atoms with Crippen LogP contribution in [0.5, 0.6) is 5.75 Å². The normalized spacial score (nSPS) is 21.1. The number of benzene rings is 1. The highest BCUT2D eigenvalue weighted by atomic mass is 16.7. The first kappa shape index (κ1) is 13.8. The van der Waals surface area contributed by atoms with E-state index in [1.54, 1.807) is 12.1 Å². The lowest BCUT2D eigenvalue weighted by atomic mass is 10.3. The molecule has 5 nitrogen and oxygen atoms in total. The van der Waals surface area contributed by atoms with Crippen LogP contribution in [0.3, 0.4) is 0 Å². The molecule has 1 N–H and O–H groups in total. The Kier molecular flexibility index (Phi) is 4.07. The second kappa shape index (κ2) is 5.59. The van der Waals surface area contributed by atoms with E-state index in [0.717, 1.165) is 11.4 Å². The summed E-state index contributed by atoms with van der Waals surface area (Å²) in [6.07, 6.45) is -0.0509. The molecule has 0 bridgehead atoms. The van der Waals surface area contributed by atoms with E-state index in [1.807, 2.05) is 26.0 Å². The fraction of sp³-hybridized carbons (Fsp3) is 0.500. The molecule has 104 valence electrons. The number of ether oxygens (including phenoxy) is 3. The molecule has 1 aliphatic heterocycles. The molecule has 1 amide bonds. The minimum atomic E-state index is -0.525. The topological polar surface area (TPSA) is 56.8 Å². The number of nitrogens with one attached hydrogen (secondary N) is 1. The van der Waals surface area contributed by atoms with Gasteiger partial charge in [-0.2, -0.15) is 0 Å². The van der Waals surface area contributed by atoms with Crippen LogP contribution in [0, 0.1) is 0 Å². The van der Waals surface area contributed by atoms with Gasteiger partial charge in [0.05, 0.1) is 6.61 Å². The van der Waals surface area contributed by atoms with E-state index in [-0.39, 0.29) is 12.0 Å². The second-order valence-corrected chi connectivity index (χ2v) is 4.97. The zero-order valence-corrected chi connectivity index (χ0v) is 11.4. The van der Waals surface area contributed by atoms with Gasteiger partial charge in [-0.05, 0) is 38.1 Å². The van der Waals surface area contributed by atoms with Gasteiger partial charge in [-0.15, -0.1) is 0 Å². The summed E-state index contributed by atoms with van der Waals surface area (Å²) in [6, 6.07) is 7.22. The number of amides is 1. The standard InChI is InChI=1S/C14H19NO4/c1-10(16)15-11-4-6-12(7-5-11)17-8-13-9-18-14(2,3)19-13/h4-7,13H,8-9H2,1-3H3,(H,15,16)/t13-/m0/s1. The van der Waals surface area contributed by atoms with Crippen molar-refractivity contribution in [3.05, 3.63) is 24.3 Å². The van der Waals surface area contributed by atoms with Crippen molar-refractivity contribution in [3.63, 3.8) is 0 Å². The van der Waals surface area contributed by atoms with E-state index < -0.39 is 5.79 Å². The second-order valence-electron chi connectivity index (χ2n) is 4.97. The van der Waals surface area contributed by atoms with E-state index in [9.17, 15) is 4.79 Å². The monoisotopic (exact) mass is 265 g/mol. The molecule has 5 heteroatoms. The highest BCUT2D eigenvalue weighted by molar-refractivity contribution is 5.88. The Balaban J connectivity index is 1.82. The molecule has 1 fully saturated rings. The van der Waals surface area contributed by atoms with E-state index in [0.29, 0.717) is 13.2 Å². The smallest absolute Gasteiger partial charge is 0.221 e. The maximum absolute atomic E-state index is 10.9. The summed E-state index contributed by atoms with van der Waals surface area (Å²) in [5.41, 5.74) is 0.751. The highest BCUT2D eigenvalue weighted by Gasteiger charge is 2.32. The summed E-state index contributed by atoms with van der Waals surface area (Å²) in [5.74, 6) is 0.123. The fourth-order valence-electron chi connectivity index (χ4n) is 1.87. The quantitative estimate of drug-likeness (QED) is 0.906. The summed E-state index contributed by atoms with van der Waals surface area (Å²) in [7, 11) is 0. The maximum atomic E-state index is 10.9. The number of hydrogen-bond donors (Lipinski definition) is 1. The molecule has 0 saturated carbocycles. The molecule has 0 aromatic heterocycles.